The Hall–Kier alpha value is -1.87. The lowest BCUT2D eigenvalue weighted by molar-refractivity contribution is 0.190. The van der Waals surface area contributed by atoms with Crippen LogP contribution in [-0.4, -0.2) is 5.11 Å². The van der Waals surface area contributed by atoms with Crippen molar-refractivity contribution in [2.75, 3.05) is 0 Å². The largest absolute Gasteiger partial charge is 0.489 e. The molecule has 0 bridgehead atoms. The highest BCUT2D eigenvalue weighted by Crippen LogP contribution is 2.25. The average Bonchev–Trinajstić information content (AvgIpc) is 2.38. The number of para-hydroxylation sites is 1. The molecule has 0 aliphatic carbocycles. The first-order chi connectivity index (χ1) is 9.08. The normalized spacial score (nSPS) is 12.2. The summed E-state index contributed by atoms with van der Waals surface area (Å²) in [4.78, 5) is 0. The molecule has 0 radical (unpaired) electrons. The average molecular weight is 260 g/mol. The van der Waals surface area contributed by atoms with E-state index in [2.05, 4.69) is 0 Å². The summed E-state index contributed by atoms with van der Waals surface area (Å²) in [6.07, 6.45) is -0.578. The van der Waals surface area contributed by atoms with Crippen molar-refractivity contribution in [3.05, 3.63) is 65.0 Å². The van der Waals surface area contributed by atoms with Gasteiger partial charge in [0.2, 0.25) is 0 Å². The minimum atomic E-state index is -0.578. The molecule has 0 saturated heterocycles. The van der Waals surface area contributed by atoms with Crippen LogP contribution in [0.5, 0.6) is 5.75 Å². The van der Waals surface area contributed by atoms with Crippen molar-refractivity contribution < 1.29 is 14.2 Å². The molecule has 0 aromatic heterocycles. The number of rotatable bonds is 4. The number of aliphatic hydroxyl groups is 1. The third-order valence-corrected chi connectivity index (χ3v) is 3.06. The van der Waals surface area contributed by atoms with E-state index in [-0.39, 0.29) is 5.82 Å². The van der Waals surface area contributed by atoms with Gasteiger partial charge in [-0.05, 0) is 43.2 Å². The van der Waals surface area contributed by atoms with E-state index in [1.54, 1.807) is 13.0 Å². The van der Waals surface area contributed by atoms with Crippen LogP contribution in [-0.2, 0) is 6.61 Å². The maximum absolute atomic E-state index is 13.0. The summed E-state index contributed by atoms with van der Waals surface area (Å²) >= 11 is 0. The first-order valence-electron chi connectivity index (χ1n) is 6.22. The van der Waals surface area contributed by atoms with E-state index >= 15 is 0 Å². The fourth-order valence-electron chi connectivity index (χ4n) is 1.93. The molecule has 2 nitrogen and oxygen atoms in total. The third-order valence-electron chi connectivity index (χ3n) is 3.06. The zero-order valence-electron chi connectivity index (χ0n) is 11.1. The minimum absolute atomic E-state index is 0.245. The molecule has 1 N–H and O–H groups in total. The fourth-order valence-corrected chi connectivity index (χ4v) is 1.93. The molecule has 1 unspecified atom stereocenters. The molecule has 2 rings (SSSR count). The number of halogens is 1. The van der Waals surface area contributed by atoms with Gasteiger partial charge >= 0.3 is 0 Å². The van der Waals surface area contributed by atoms with Gasteiger partial charge in [0, 0.05) is 5.56 Å². The van der Waals surface area contributed by atoms with Crippen molar-refractivity contribution in [3.8, 4) is 5.75 Å². The van der Waals surface area contributed by atoms with Gasteiger partial charge in [0.25, 0.3) is 0 Å². The topological polar surface area (TPSA) is 29.5 Å². The van der Waals surface area contributed by atoms with Gasteiger partial charge in [0.05, 0.1) is 6.10 Å². The van der Waals surface area contributed by atoms with Gasteiger partial charge in [-0.15, -0.1) is 0 Å². The molecule has 0 aliphatic rings. The highest BCUT2D eigenvalue weighted by atomic mass is 19.1. The predicted molar refractivity (Wildman–Crippen MR) is 72.5 cm³/mol. The molecule has 0 spiro atoms. The van der Waals surface area contributed by atoms with Crippen LogP contribution in [0, 0.1) is 12.7 Å². The Morgan fingerprint density at radius 3 is 2.63 bits per heavy atom. The monoisotopic (exact) mass is 260 g/mol. The molecule has 0 amide bonds. The molecule has 2 aromatic carbocycles. The summed E-state index contributed by atoms with van der Waals surface area (Å²) in [5.74, 6) is 0.409. The maximum Gasteiger partial charge on any atom is 0.125 e. The van der Waals surface area contributed by atoms with E-state index < -0.39 is 6.10 Å². The Balaban J connectivity index is 2.14. The number of hydrogen-bond acceptors (Lipinski definition) is 2. The van der Waals surface area contributed by atoms with Crippen LogP contribution >= 0.6 is 0 Å². The van der Waals surface area contributed by atoms with Gasteiger partial charge in [-0.1, -0.05) is 24.3 Å². The second-order valence-electron chi connectivity index (χ2n) is 4.57. The Morgan fingerprint density at radius 1 is 1.21 bits per heavy atom. The first-order valence-corrected chi connectivity index (χ1v) is 6.22. The minimum Gasteiger partial charge on any atom is -0.489 e. The summed E-state index contributed by atoms with van der Waals surface area (Å²) in [6, 6.07) is 12.0. The van der Waals surface area contributed by atoms with E-state index in [1.165, 1.54) is 12.1 Å². The van der Waals surface area contributed by atoms with E-state index in [9.17, 15) is 9.50 Å². The smallest absolute Gasteiger partial charge is 0.125 e. The maximum atomic E-state index is 13.0. The molecule has 1 atom stereocenters. The number of aliphatic hydroxyl groups excluding tert-OH is 1. The van der Waals surface area contributed by atoms with Crippen LogP contribution in [0.1, 0.15) is 29.7 Å². The fraction of sp³-hybridized carbons (Fsp3) is 0.250. The van der Waals surface area contributed by atoms with Crippen LogP contribution in [0.2, 0.25) is 0 Å². The van der Waals surface area contributed by atoms with Crippen LogP contribution in [0.25, 0.3) is 0 Å². The van der Waals surface area contributed by atoms with Crippen LogP contribution in [0.15, 0.2) is 42.5 Å². The quantitative estimate of drug-likeness (QED) is 0.906. The highest BCUT2D eigenvalue weighted by molar-refractivity contribution is 5.35. The molecule has 3 heteroatoms. The Kier molecular flexibility index (Phi) is 4.17. The Bertz CT molecular complexity index is 564. The van der Waals surface area contributed by atoms with E-state index in [4.69, 9.17) is 4.74 Å². The second kappa shape index (κ2) is 5.85. The van der Waals surface area contributed by atoms with Gasteiger partial charge in [0.15, 0.2) is 0 Å². The van der Waals surface area contributed by atoms with Crippen molar-refractivity contribution in [2.45, 2.75) is 26.6 Å². The lowest BCUT2D eigenvalue weighted by Gasteiger charge is -2.14. The standard InChI is InChI=1S/C16H17FO2/c1-11-9-14(17)8-7-13(11)10-19-16-6-4-3-5-15(16)12(2)18/h3-9,12,18H,10H2,1-2H3. The van der Waals surface area contributed by atoms with Crippen molar-refractivity contribution in [2.24, 2.45) is 0 Å². The SMILES string of the molecule is Cc1cc(F)ccc1COc1ccccc1C(C)O. The molecule has 19 heavy (non-hydrogen) atoms. The molecular weight excluding hydrogens is 243 g/mol. The molecule has 100 valence electrons. The molecular formula is C16H17FO2. The second-order valence-corrected chi connectivity index (χ2v) is 4.57. The lowest BCUT2D eigenvalue weighted by Crippen LogP contribution is -2.02. The Morgan fingerprint density at radius 2 is 1.95 bits per heavy atom. The zero-order chi connectivity index (χ0) is 13.8. The summed E-state index contributed by atoms with van der Waals surface area (Å²) in [5.41, 5.74) is 2.54. The molecule has 0 heterocycles. The number of hydrogen-bond donors (Lipinski definition) is 1. The number of aryl methyl sites for hydroxylation is 1. The van der Waals surface area contributed by atoms with Gasteiger partial charge in [-0.25, -0.2) is 4.39 Å². The molecule has 0 saturated carbocycles. The van der Waals surface area contributed by atoms with Gasteiger partial charge in [-0.2, -0.15) is 0 Å². The Labute approximate surface area is 112 Å². The highest BCUT2D eigenvalue weighted by Gasteiger charge is 2.09. The van der Waals surface area contributed by atoms with Gasteiger partial charge in [-0.3, -0.25) is 0 Å². The van der Waals surface area contributed by atoms with Crippen LogP contribution in [0.3, 0.4) is 0 Å². The summed E-state index contributed by atoms with van der Waals surface area (Å²) in [6.45, 7) is 3.91. The molecule has 0 aliphatic heterocycles. The van der Waals surface area contributed by atoms with Crippen molar-refractivity contribution in [1.82, 2.24) is 0 Å². The van der Waals surface area contributed by atoms with Crippen LogP contribution in [0.4, 0.5) is 4.39 Å². The first kappa shape index (κ1) is 13.6. The molecule has 2 aromatic rings. The molecule has 0 fully saturated rings. The third kappa shape index (κ3) is 3.32. The summed E-state index contributed by atoms with van der Waals surface area (Å²) in [7, 11) is 0. The number of benzene rings is 2. The van der Waals surface area contributed by atoms with Gasteiger partial charge in [0.1, 0.15) is 18.2 Å². The van der Waals surface area contributed by atoms with E-state index in [0.29, 0.717) is 12.4 Å². The van der Waals surface area contributed by atoms with E-state index in [0.717, 1.165) is 16.7 Å². The lowest BCUT2D eigenvalue weighted by atomic mass is 10.1. The van der Waals surface area contributed by atoms with Gasteiger partial charge < -0.3 is 9.84 Å². The van der Waals surface area contributed by atoms with Crippen molar-refractivity contribution in [1.29, 1.82) is 0 Å². The predicted octanol–water partition coefficient (Wildman–Crippen LogP) is 3.77. The summed E-state index contributed by atoms with van der Waals surface area (Å²) in [5, 5.41) is 9.66. The van der Waals surface area contributed by atoms with E-state index in [1.807, 2.05) is 31.2 Å². The zero-order valence-corrected chi connectivity index (χ0v) is 11.1. The number of ether oxygens (including phenoxy) is 1. The summed E-state index contributed by atoms with van der Waals surface area (Å²) < 4.78 is 18.7. The van der Waals surface area contributed by atoms with Crippen LogP contribution < -0.4 is 4.74 Å². The van der Waals surface area contributed by atoms with Crippen molar-refractivity contribution >= 4 is 0 Å². The van der Waals surface area contributed by atoms with Crippen molar-refractivity contribution in [3.63, 3.8) is 0 Å².